The first-order valence-corrected chi connectivity index (χ1v) is 12.8. The summed E-state index contributed by atoms with van der Waals surface area (Å²) in [4.78, 5) is 8.42. The highest BCUT2D eigenvalue weighted by atomic mass is 32.2. The smallest absolute Gasteiger partial charge is 0.241 e. The van der Waals surface area contributed by atoms with E-state index in [-0.39, 0.29) is 29.4 Å². The van der Waals surface area contributed by atoms with Crippen LogP contribution < -0.4 is 5.32 Å². The highest BCUT2D eigenvalue weighted by Crippen LogP contribution is 2.37. The van der Waals surface area contributed by atoms with Crippen molar-refractivity contribution in [3.05, 3.63) is 36.3 Å². The van der Waals surface area contributed by atoms with Gasteiger partial charge in [0.1, 0.15) is 0 Å². The van der Waals surface area contributed by atoms with Gasteiger partial charge in [0.2, 0.25) is 12.4 Å². The Morgan fingerprint density at radius 2 is 1.91 bits per heavy atom. The van der Waals surface area contributed by atoms with E-state index in [9.17, 15) is 22.3 Å². The lowest BCUT2D eigenvalue weighted by Gasteiger charge is -2.25. The van der Waals surface area contributed by atoms with Gasteiger partial charge in [-0.15, -0.1) is 5.10 Å². The second-order valence-corrected chi connectivity index (χ2v) is 10.7. The highest BCUT2D eigenvalue weighted by Gasteiger charge is 2.26. The summed E-state index contributed by atoms with van der Waals surface area (Å²) in [6.07, 6.45) is 4.18. The van der Waals surface area contributed by atoms with Crippen molar-refractivity contribution in [3.8, 4) is 11.1 Å². The number of nitrogens with one attached hydrogen (secondary N) is 1. The molecule has 1 saturated carbocycles. The normalized spacial score (nSPS) is 20.3. The average Bonchev–Trinajstić information content (AvgIpc) is 3.12. The molecule has 1 aliphatic rings. The van der Waals surface area contributed by atoms with Crippen molar-refractivity contribution in [3.63, 3.8) is 0 Å². The Bertz CT molecular complexity index is 1220. The zero-order chi connectivity index (χ0) is 23.8. The van der Waals surface area contributed by atoms with E-state index in [0.29, 0.717) is 18.4 Å². The van der Waals surface area contributed by atoms with Crippen LogP contribution in [0.15, 0.2) is 35.6 Å². The van der Waals surface area contributed by atoms with Gasteiger partial charge in [0.25, 0.3) is 0 Å². The number of anilines is 1. The van der Waals surface area contributed by atoms with Crippen LogP contribution in [0.3, 0.4) is 0 Å². The molecule has 0 aromatic carbocycles. The quantitative estimate of drug-likeness (QED) is 0.532. The first-order valence-electron chi connectivity index (χ1n) is 10.9. The lowest BCUT2D eigenvalue weighted by molar-refractivity contribution is 0.121. The van der Waals surface area contributed by atoms with Crippen LogP contribution in [0.25, 0.3) is 16.6 Å². The minimum Gasteiger partial charge on any atom is -0.393 e. The monoisotopic (exact) mass is 479 g/mol. The van der Waals surface area contributed by atoms with Gasteiger partial charge >= 0.3 is 0 Å². The molecule has 3 aromatic heterocycles. The van der Waals surface area contributed by atoms with E-state index < -0.39 is 22.3 Å². The van der Waals surface area contributed by atoms with Crippen molar-refractivity contribution in [1.82, 2.24) is 19.6 Å². The molecular weight excluding hydrogens is 452 g/mol. The van der Waals surface area contributed by atoms with Crippen molar-refractivity contribution in [1.29, 1.82) is 0 Å². The molecule has 3 heterocycles. The van der Waals surface area contributed by atoms with Gasteiger partial charge in [-0.3, -0.25) is 0 Å². The summed E-state index contributed by atoms with van der Waals surface area (Å²) >= 11 is 0. The summed E-state index contributed by atoms with van der Waals surface area (Å²) in [5.41, 5.74) is 3.16. The lowest BCUT2D eigenvalue weighted by atomic mass is 9.85. The third-order valence-corrected chi connectivity index (χ3v) is 7.00. The van der Waals surface area contributed by atoms with Gasteiger partial charge < -0.3 is 10.4 Å². The molecule has 0 spiro atoms. The fourth-order valence-electron chi connectivity index (χ4n) is 4.28. The van der Waals surface area contributed by atoms with Gasteiger partial charge in [0.05, 0.1) is 17.8 Å². The van der Waals surface area contributed by atoms with E-state index in [0.717, 1.165) is 35.9 Å². The molecule has 178 valence electrons. The van der Waals surface area contributed by atoms with E-state index in [4.69, 9.17) is 0 Å². The maximum atomic E-state index is 12.7. The van der Waals surface area contributed by atoms with Crippen molar-refractivity contribution >= 4 is 21.3 Å². The number of fused-ring (bicyclic) bond motifs is 1. The zero-order valence-electron chi connectivity index (χ0n) is 18.4. The third kappa shape index (κ3) is 5.30. The average molecular weight is 480 g/mol. The maximum absolute atomic E-state index is 12.7. The van der Waals surface area contributed by atoms with Gasteiger partial charge in [-0.1, -0.05) is 0 Å². The number of alkyl halides is 2. The van der Waals surface area contributed by atoms with Crippen molar-refractivity contribution in [2.24, 2.45) is 0 Å². The largest absolute Gasteiger partial charge is 0.393 e. The molecule has 0 aliphatic heterocycles. The van der Waals surface area contributed by atoms with Gasteiger partial charge in [-0.2, -0.15) is 0 Å². The van der Waals surface area contributed by atoms with Crippen LogP contribution >= 0.6 is 0 Å². The van der Waals surface area contributed by atoms with E-state index in [1.165, 1.54) is 12.3 Å². The molecule has 0 bridgehead atoms. The van der Waals surface area contributed by atoms with Gasteiger partial charge in [0, 0.05) is 47.7 Å². The zero-order valence-corrected chi connectivity index (χ0v) is 19.3. The Balaban J connectivity index is 1.75. The second-order valence-electron chi connectivity index (χ2n) is 8.70. The molecule has 0 radical (unpaired) electrons. The summed E-state index contributed by atoms with van der Waals surface area (Å²) in [6, 6.07) is 4.66. The van der Waals surface area contributed by atoms with E-state index in [1.807, 2.05) is 6.07 Å². The number of pyridine rings is 1. The van der Waals surface area contributed by atoms with Gasteiger partial charge in [0.15, 0.2) is 14.9 Å². The predicted molar refractivity (Wildman–Crippen MR) is 120 cm³/mol. The molecule has 8 nitrogen and oxygen atoms in total. The molecule has 0 amide bonds. The number of sulfone groups is 1. The summed E-state index contributed by atoms with van der Waals surface area (Å²) < 4.78 is 50.7. The summed E-state index contributed by atoms with van der Waals surface area (Å²) in [5.74, 6) is 0.416. The minimum atomic E-state index is -3.41. The Hall–Kier alpha value is -2.66. The van der Waals surface area contributed by atoms with Crippen LogP contribution in [-0.2, 0) is 9.84 Å². The second kappa shape index (κ2) is 9.30. The fourth-order valence-corrected chi connectivity index (χ4v) is 4.84. The topological polar surface area (TPSA) is 109 Å². The molecule has 1 aliphatic carbocycles. The number of aromatic nitrogens is 4. The number of halogens is 2. The lowest BCUT2D eigenvalue weighted by Crippen LogP contribution is -2.21. The number of nitrogens with zero attached hydrogens (tertiary/aromatic N) is 4. The van der Waals surface area contributed by atoms with Crippen LogP contribution in [0.2, 0.25) is 0 Å². The Labute approximate surface area is 191 Å². The first-order chi connectivity index (χ1) is 15.6. The maximum Gasteiger partial charge on any atom is 0.241 e. The number of rotatable bonds is 7. The summed E-state index contributed by atoms with van der Waals surface area (Å²) in [5, 5.41) is 17.4. The third-order valence-electron chi connectivity index (χ3n) is 5.99. The van der Waals surface area contributed by atoms with Gasteiger partial charge in [-0.25, -0.2) is 31.7 Å². The van der Waals surface area contributed by atoms with E-state index in [2.05, 4.69) is 20.4 Å². The summed E-state index contributed by atoms with van der Waals surface area (Å²) in [6.45, 7) is 1.65. The van der Waals surface area contributed by atoms with Crippen molar-refractivity contribution in [2.75, 3.05) is 11.6 Å². The SMILES string of the molecule is C[C@@H](CC(F)F)Nc1ncc2c(-c3ccc(S(C)(=O)=O)nc3)cc([C@H]3CC[C@H](O)CC3)n2n1. The van der Waals surface area contributed by atoms with E-state index in [1.54, 1.807) is 23.7 Å². The fraction of sp³-hybridized carbons (Fsp3) is 0.500. The number of aliphatic hydroxyl groups excluding tert-OH is 1. The van der Waals surface area contributed by atoms with Crippen molar-refractivity contribution < 1.29 is 22.3 Å². The molecule has 3 aromatic rings. The molecule has 2 N–H and O–H groups in total. The molecule has 1 fully saturated rings. The number of hydrogen-bond acceptors (Lipinski definition) is 7. The van der Waals surface area contributed by atoms with Crippen LogP contribution in [0, 0.1) is 0 Å². The molecule has 33 heavy (non-hydrogen) atoms. The number of hydrogen-bond donors (Lipinski definition) is 2. The van der Waals surface area contributed by atoms with Crippen LogP contribution in [-0.4, -0.2) is 57.9 Å². The van der Waals surface area contributed by atoms with Crippen LogP contribution in [0.1, 0.15) is 50.6 Å². The standard InChI is InChI=1S/C22H27F2N5O3S/c1-13(9-20(23)24)27-22-26-12-19-17(15-5-8-21(25-11-15)33(2,31)32)10-18(29(19)28-22)14-3-6-16(30)7-4-14/h5,8,10-14,16,20,30H,3-4,6-7,9H2,1-2H3,(H,27,28)/t13-,14-,16-/m0/s1. The highest BCUT2D eigenvalue weighted by molar-refractivity contribution is 7.90. The molecule has 1 atom stereocenters. The Kier molecular flexibility index (Phi) is 6.62. The Morgan fingerprint density at radius 1 is 1.18 bits per heavy atom. The molecular formula is C22H27F2N5O3S. The number of aliphatic hydroxyl groups is 1. The molecule has 4 rings (SSSR count). The predicted octanol–water partition coefficient (Wildman–Crippen LogP) is 3.67. The van der Waals surface area contributed by atoms with Crippen LogP contribution in [0.4, 0.5) is 14.7 Å². The van der Waals surface area contributed by atoms with Crippen LogP contribution in [0.5, 0.6) is 0 Å². The summed E-state index contributed by atoms with van der Waals surface area (Å²) in [7, 11) is -3.41. The first kappa shape index (κ1) is 23.5. The van der Waals surface area contributed by atoms with Gasteiger partial charge in [-0.05, 0) is 50.8 Å². The minimum absolute atomic E-state index is 0.00740. The molecule has 0 saturated heterocycles. The van der Waals surface area contributed by atoms with E-state index >= 15 is 0 Å². The Morgan fingerprint density at radius 3 is 2.52 bits per heavy atom. The molecule has 11 heteroatoms. The van der Waals surface area contributed by atoms with Crippen molar-refractivity contribution in [2.45, 2.75) is 68.5 Å². The molecule has 0 unspecified atom stereocenters.